The highest BCUT2D eigenvalue weighted by molar-refractivity contribution is 7.12. The summed E-state index contributed by atoms with van der Waals surface area (Å²) < 4.78 is 0. The van der Waals surface area contributed by atoms with Gasteiger partial charge in [0, 0.05) is 6.42 Å². The van der Waals surface area contributed by atoms with Crippen molar-refractivity contribution in [3.8, 4) is 0 Å². The Labute approximate surface area is 102 Å². The van der Waals surface area contributed by atoms with Crippen LogP contribution >= 0.6 is 11.3 Å². The molecule has 0 bridgehead atoms. The number of amides is 2. The summed E-state index contributed by atoms with van der Waals surface area (Å²) in [5.41, 5.74) is 0. The van der Waals surface area contributed by atoms with Gasteiger partial charge in [0.15, 0.2) is 0 Å². The third kappa shape index (κ3) is 2.21. The second kappa shape index (κ2) is 4.67. The van der Waals surface area contributed by atoms with Crippen LogP contribution in [0.3, 0.4) is 0 Å². The fourth-order valence-electron chi connectivity index (χ4n) is 1.88. The lowest BCUT2D eigenvalue weighted by Crippen LogP contribution is -2.50. The van der Waals surface area contributed by atoms with E-state index >= 15 is 0 Å². The summed E-state index contributed by atoms with van der Waals surface area (Å²) >= 11 is 1.20. The van der Waals surface area contributed by atoms with Crippen LogP contribution in [-0.4, -0.2) is 33.8 Å². The van der Waals surface area contributed by atoms with Gasteiger partial charge in [-0.2, -0.15) is 0 Å². The normalized spacial score (nSPS) is 20.4. The van der Waals surface area contributed by atoms with Crippen LogP contribution in [0.2, 0.25) is 0 Å². The van der Waals surface area contributed by atoms with Crippen LogP contribution in [0.4, 0.5) is 0 Å². The number of aliphatic carboxylic acids is 1. The molecule has 1 atom stereocenters. The molecule has 5 nitrogen and oxygen atoms in total. The van der Waals surface area contributed by atoms with Crippen LogP contribution < -0.4 is 0 Å². The second-order valence-electron chi connectivity index (χ2n) is 3.79. The summed E-state index contributed by atoms with van der Waals surface area (Å²) in [6.45, 7) is 0. The number of likely N-dealkylation sites (tertiary alicyclic amines) is 1. The zero-order valence-corrected chi connectivity index (χ0v) is 9.77. The van der Waals surface area contributed by atoms with Crippen molar-refractivity contribution in [3.05, 3.63) is 22.4 Å². The lowest BCUT2D eigenvalue weighted by molar-refractivity contribution is -0.150. The fraction of sp³-hybridized carbons (Fsp3) is 0.364. The minimum absolute atomic E-state index is 0.237. The van der Waals surface area contributed by atoms with E-state index in [0.29, 0.717) is 17.7 Å². The van der Waals surface area contributed by atoms with E-state index < -0.39 is 23.8 Å². The third-order valence-electron chi connectivity index (χ3n) is 2.68. The van der Waals surface area contributed by atoms with E-state index in [-0.39, 0.29) is 6.42 Å². The Balaban J connectivity index is 2.29. The Hall–Kier alpha value is -1.69. The highest BCUT2D eigenvalue weighted by atomic mass is 32.1. The van der Waals surface area contributed by atoms with Crippen LogP contribution in [0, 0.1) is 0 Å². The summed E-state index contributed by atoms with van der Waals surface area (Å²) in [4.78, 5) is 36.1. The van der Waals surface area contributed by atoms with Gasteiger partial charge in [0.05, 0.1) is 4.88 Å². The average Bonchev–Trinajstić information content (AvgIpc) is 2.81. The van der Waals surface area contributed by atoms with Gasteiger partial charge in [-0.25, -0.2) is 4.79 Å². The molecule has 1 N–H and O–H groups in total. The van der Waals surface area contributed by atoms with E-state index in [0.717, 1.165) is 4.90 Å². The third-order valence-corrected chi connectivity index (χ3v) is 3.54. The van der Waals surface area contributed by atoms with E-state index in [4.69, 9.17) is 5.11 Å². The molecule has 1 fully saturated rings. The molecule has 90 valence electrons. The van der Waals surface area contributed by atoms with E-state index in [9.17, 15) is 14.4 Å². The molecule has 0 aliphatic carbocycles. The molecule has 0 saturated carbocycles. The number of carboxylic acid groups (broad SMARTS) is 1. The minimum atomic E-state index is -1.12. The number of thiophene rings is 1. The molecule has 1 aliphatic heterocycles. The topological polar surface area (TPSA) is 74.7 Å². The summed E-state index contributed by atoms with van der Waals surface area (Å²) in [6, 6.07) is 2.27. The van der Waals surface area contributed by atoms with Crippen LogP contribution in [0.15, 0.2) is 17.5 Å². The van der Waals surface area contributed by atoms with E-state index in [1.165, 1.54) is 11.3 Å². The molecule has 1 aromatic rings. The van der Waals surface area contributed by atoms with Crippen molar-refractivity contribution >= 4 is 29.1 Å². The number of rotatable bonds is 2. The zero-order chi connectivity index (χ0) is 12.4. The molecule has 2 amide bonds. The van der Waals surface area contributed by atoms with Gasteiger partial charge in [0.2, 0.25) is 5.91 Å². The summed E-state index contributed by atoms with van der Waals surface area (Å²) in [5, 5.41) is 10.7. The SMILES string of the molecule is O=C(O)C1CCCC(=O)N1C(=O)c1cccs1. The van der Waals surface area contributed by atoms with Crippen LogP contribution in [0.5, 0.6) is 0 Å². The average molecular weight is 253 g/mol. The zero-order valence-electron chi connectivity index (χ0n) is 8.96. The number of nitrogens with zero attached hydrogens (tertiary/aromatic N) is 1. The number of hydrogen-bond acceptors (Lipinski definition) is 4. The van der Waals surface area contributed by atoms with Gasteiger partial charge >= 0.3 is 5.97 Å². The number of imide groups is 1. The Morgan fingerprint density at radius 2 is 2.24 bits per heavy atom. The molecule has 1 saturated heterocycles. The minimum Gasteiger partial charge on any atom is -0.480 e. The van der Waals surface area contributed by atoms with Crippen LogP contribution in [-0.2, 0) is 9.59 Å². The fourth-order valence-corrected chi connectivity index (χ4v) is 2.54. The van der Waals surface area contributed by atoms with E-state index in [2.05, 4.69) is 0 Å². The Kier molecular flexibility index (Phi) is 3.23. The van der Waals surface area contributed by atoms with Crippen LogP contribution in [0.25, 0.3) is 0 Å². The van der Waals surface area contributed by atoms with Crippen molar-refractivity contribution in [2.75, 3.05) is 0 Å². The van der Waals surface area contributed by atoms with Gasteiger partial charge in [0.1, 0.15) is 6.04 Å². The van der Waals surface area contributed by atoms with Gasteiger partial charge in [-0.1, -0.05) is 6.07 Å². The summed E-state index contributed by atoms with van der Waals surface area (Å²) in [7, 11) is 0. The molecular formula is C11H11NO4S. The largest absolute Gasteiger partial charge is 0.480 e. The lowest BCUT2D eigenvalue weighted by Gasteiger charge is -2.30. The van der Waals surface area contributed by atoms with Crippen molar-refractivity contribution < 1.29 is 19.5 Å². The first-order chi connectivity index (χ1) is 8.11. The lowest BCUT2D eigenvalue weighted by atomic mass is 10.0. The maximum atomic E-state index is 12.0. The summed E-state index contributed by atoms with van der Waals surface area (Å²) in [5.74, 6) is -2.03. The standard InChI is InChI=1S/C11H11NO4S/c13-9-5-1-3-7(11(15)16)12(9)10(14)8-4-2-6-17-8/h2,4,6-7H,1,3,5H2,(H,15,16). The Bertz CT molecular complexity index is 454. The molecule has 2 rings (SSSR count). The monoisotopic (exact) mass is 253 g/mol. The molecule has 17 heavy (non-hydrogen) atoms. The first kappa shape index (κ1) is 11.8. The maximum absolute atomic E-state index is 12.0. The highest BCUT2D eigenvalue weighted by Crippen LogP contribution is 2.22. The van der Waals surface area contributed by atoms with Gasteiger partial charge in [-0.15, -0.1) is 11.3 Å². The van der Waals surface area contributed by atoms with Gasteiger partial charge < -0.3 is 5.11 Å². The number of carbonyl (C=O) groups is 3. The smallest absolute Gasteiger partial charge is 0.326 e. The van der Waals surface area contributed by atoms with Gasteiger partial charge in [-0.3, -0.25) is 14.5 Å². The molecule has 1 aliphatic rings. The highest BCUT2D eigenvalue weighted by Gasteiger charge is 2.38. The van der Waals surface area contributed by atoms with Crippen molar-refractivity contribution in [2.45, 2.75) is 25.3 Å². The molecule has 0 aromatic carbocycles. The molecule has 0 radical (unpaired) electrons. The number of hydrogen-bond donors (Lipinski definition) is 1. The number of carbonyl (C=O) groups excluding carboxylic acids is 2. The Morgan fingerprint density at radius 1 is 1.47 bits per heavy atom. The molecule has 0 spiro atoms. The molecule has 1 unspecified atom stereocenters. The number of piperidine rings is 1. The molecule has 2 heterocycles. The van der Waals surface area contributed by atoms with E-state index in [1.54, 1.807) is 17.5 Å². The number of carboxylic acids is 1. The first-order valence-electron chi connectivity index (χ1n) is 5.24. The molecule has 1 aromatic heterocycles. The van der Waals surface area contributed by atoms with Gasteiger partial charge in [0.25, 0.3) is 5.91 Å². The quantitative estimate of drug-likeness (QED) is 0.807. The van der Waals surface area contributed by atoms with Crippen molar-refractivity contribution in [1.82, 2.24) is 4.90 Å². The first-order valence-corrected chi connectivity index (χ1v) is 6.12. The summed E-state index contributed by atoms with van der Waals surface area (Å²) in [6.07, 6.45) is 1.09. The maximum Gasteiger partial charge on any atom is 0.326 e. The predicted molar refractivity (Wildman–Crippen MR) is 60.8 cm³/mol. The molecule has 6 heteroatoms. The second-order valence-corrected chi connectivity index (χ2v) is 4.74. The Morgan fingerprint density at radius 3 is 2.82 bits per heavy atom. The van der Waals surface area contributed by atoms with Crippen molar-refractivity contribution in [3.63, 3.8) is 0 Å². The van der Waals surface area contributed by atoms with Gasteiger partial charge in [-0.05, 0) is 24.3 Å². The van der Waals surface area contributed by atoms with Crippen LogP contribution in [0.1, 0.15) is 28.9 Å². The van der Waals surface area contributed by atoms with E-state index in [1.807, 2.05) is 0 Å². The van der Waals surface area contributed by atoms with Crippen molar-refractivity contribution in [1.29, 1.82) is 0 Å². The predicted octanol–water partition coefficient (Wildman–Crippen LogP) is 1.35. The molecular weight excluding hydrogens is 242 g/mol. The van der Waals surface area contributed by atoms with Crippen molar-refractivity contribution in [2.24, 2.45) is 0 Å².